The summed E-state index contributed by atoms with van der Waals surface area (Å²) in [6.07, 6.45) is 6.03. The molecule has 2 nitrogen and oxygen atoms in total. The minimum absolute atomic E-state index is 0.121. The average Bonchev–Trinajstić information content (AvgIpc) is 2.56. The Morgan fingerprint density at radius 1 is 1.21 bits per heavy atom. The van der Waals surface area contributed by atoms with Crippen LogP contribution in [-0.2, 0) is 4.74 Å². The third-order valence-corrected chi connectivity index (χ3v) is 4.26. The molecule has 2 aliphatic rings. The van der Waals surface area contributed by atoms with Gasteiger partial charge < -0.3 is 9.84 Å². The molecule has 4 atom stereocenters. The van der Waals surface area contributed by atoms with E-state index < -0.39 is 0 Å². The fraction of sp³-hybridized carbons (Fsp3) is 1.00. The van der Waals surface area contributed by atoms with Crippen molar-refractivity contribution >= 4 is 0 Å². The highest BCUT2D eigenvalue weighted by Gasteiger charge is 2.44. The zero-order chi connectivity index (χ0) is 10.2. The average molecular weight is 198 g/mol. The van der Waals surface area contributed by atoms with Gasteiger partial charge in [0.1, 0.15) is 0 Å². The number of ether oxygens (including phenoxy) is 1. The van der Waals surface area contributed by atoms with Gasteiger partial charge in [0.05, 0.1) is 18.3 Å². The second kappa shape index (κ2) is 3.82. The predicted molar refractivity (Wildman–Crippen MR) is 56.1 cm³/mol. The summed E-state index contributed by atoms with van der Waals surface area (Å²) < 4.78 is 6.01. The summed E-state index contributed by atoms with van der Waals surface area (Å²) in [4.78, 5) is 0. The van der Waals surface area contributed by atoms with E-state index in [1.807, 2.05) is 0 Å². The Hall–Kier alpha value is -0.0800. The number of aliphatic hydroxyl groups is 1. The molecule has 1 saturated heterocycles. The van der Waals surface area contributed by atoms with Gasteiger partial charge in [0.25, 0.3) is 0 Å². The van der Waals surface area contributed by atoms with Crippen LogP contribution in [0.4, 0.5) is 0 Å². The van der Waals surface area contributed by atoms with Crippen molar-refractivity contribution < 1.29 is 9.84 Å². The molecule has 0 aromatic carbocycles. The van der Waals surface area contributed by atoms with E-state index in [9.17, 15) is 0 Å². The molecule has 0 aromatic rings. The van der Waals surface area contributed by atoms with Crippen LogP contribution in [0, 0.1) is 11.8 Å². The number of hydrogen-bond acceptors (Lipinski definition) is 2. The Morgan fingerprint density at radius 3 is 2.50 bits per heavy atom. The largest absolute Gasteiger partial charge is 0.394 e. The van der Waals surface area contributed by atoms with Gasteiger partial charge in [-0.1, -0.05) is 13.8 Å². The molecule has 2 heteroatoms. The van der Waals surface area contributed by atoms with Gasteiger partial charge in [0.15, 0.2) is 0 Å². The molecule has 1 saturated carbocycles. The maximum atomic E-state index is 9.07. The van der Waals surface area contributed by atoms with Gasteiger partial charge in [0, 0.05) is 0 Å². The maximum Gasteiger partial charge on any atom is 0.0814 e. The van der Waals surface area contributed by atoms with Crippen molar-refractivity contribution in [1.82, 2.24) is 0 Å². The number of rotatable bonds is 1. The van der Waals surface area contributed by atoms with Gasteiger partial charge in [-0.2, -0.15) is 0 Å². The Balaban J connectivity index is 1.98. The summed E-state index contributed by atoms with van der Waals surface area (Å²) in [7, 11) is 0. The van der Waals surface area contributed by atoms with Crippen LogP contribution in [-0.4, -0.2) is 23.4 Å². The van der Waals surface area contributed by atoms with Crippen LogP contribution >= 0.6 is 0 Å². The van der Waals surface area contributed by atoms with Crippen LogP contribution < -0.4 is 0 Å². The van der Waals surface area contributed by atoms with Crippen molar-refractivity contribution in [3.05, 3.63) is 0 Å². The first-order valence-corrected chi connectivity index (χ1v) is 5.94. The fourth-order valence-electron chi connectivity index (χ4n) is 3.02. The van der Waals surface area contributed by atoms with E-state index in [2.05, 4.69) is 13.8 Å². The molecule has 2 fully saturated rings. The standard InChI is InChI=1S/C12H22O2/c1-9-3-5-12(7-10(9)2)6-4-11(8-13)14-12/h9-11,13H,3-8H2,1-2H3/t9-,10+,11-,12+/m1/s1. The summed E-state index contributed by atoms with van der Waals surface area (Å²) in [5, 5.41) is 9.07. The van der Waals surface area contributed by atoms with E-state index >= 15 is 0 Å². The molecule has 1 aliphatic heterocycles. The molecule has 1 spiro atoms. The molecule has 0 unspecified atom stereocenters. The Morgan fingerprint density at radius 2 is 1.93 bits per heavy atom. The van der Waals surface area contributed by atoms with Crippen molar-refractivity contribution in [2.24, 2.45) is 11.8 Å². The Bertz CT molecular complexity index is 204. The van der Waals surface area contributed by atoms with E-state index in [1.54, 1.807) is 0 Å². The lowest BCUT2D eigenvalue weighted by atomic mass is 9.72. The van der Waals surface area contributed by atoms with E-state index in [-0.39, 0.29) is 18.3 Å². The molecule has 2 rings (SSSR count). The van der Waals surface area contributed by atoms with Crippen molar-refractivity contribution in [2.45, 2.75) is 57.7 Å². The summed E-state index contributed by atoms with van der Waals surface area (Å²) in [5.74, 6) is 1.62. The summed E-state index contributed by atoms with van der Waals surface area (Å²) >= 11 is 0. The molecule has 0 radical (unpaired) electrons. The fourth-order valence-corrected chi connectivity index (χ4v) is 3.02. The van der Waals surface area contributed by atoms with E-state index in [1.165, 1.54) is 19.3 Å². The molecule has 0 bridgehead atoms. The zero-order valence-electron chi connectivity index (χ0n) is 9.33. The van der Waals surface area contributed by atoms with Crippen LogP contribution in [0.1, 0.15) is 46.0 Å². The molecule has 0 amide bonds. The van der Waals surface area contributed by atoms with Gasteiger partial charge in [-0.3, -0.25) is 0 Å². The zero-order valence-corrected chi connectivity index (χ0v) is 9.33. The Labute approximate surface area is 86.6 Å². The third-order valence-electron chi connectivity index (χ3n) is 4.26. The van der Waals surface area contributed by atoms with Crippen LogP contribution in [0.3, 0.4) is 0 Å². The van der Waals surface area contributed by atoms with Crippen molar-refractivity contribution in [3.63, 3.8) is 0 Å². The van der Waals surface area contributed by atoms with Crippen LogP contribution in [0.5, 0.6) is 0 Å². The Kier molecular flexibility index (Phi) is 2.85. The monoisotopic (exact) mass is 198 g/mol. The van der Waals surface area contributed by atoms with Gasteiger partial charge >= 0.3 is 0 Å². The quantitative estimate of drug-likeness (QED) is 0.701. The van der Waals surface area contributed by atoms with Gasteiger partial charge in [0.2, 0.25) is 0 Å². The molecule has 14 heavy (non-hydrogen) atoms. The first kappa shape index (κ1) is 10.4. The molecule has 82 valence electrons. The SMILES string of the molecule is C[C@@H]1CC[C@]2(CC[C@H](CO)O2)C[C@@H]1C. The maximum absolute atomic E-state index is 9.07. The van der Waals surface area contributed by atoms with Crippen LogP contribution in [0.2, 0.25) is 0 Å². The second-order valence-corrected chi connectivity index (χ2v) is 5.34. The van der Waals surface area contributed by atoms with Crippen molar-refractivity contribution in [2.75, 3.05) is 6.61 Å². The summed E-state index contributed by atoms with van der Waals surface area (Å²) in [6, 6.07) is 0. The first-order chi connectivity index (χ1) is 6.65. The smallest absolute Gasteiger partial charge is 0.0814 e. The lowest BCUT2D eigenvalue weighted by molar-refractivity contribution is -0.0949. The van der Waals surface area contributed by atoms with E-state index in [0.717, 1.165) is 24.7 Å². The molecule has 1 N–H and O–H groups in total. The van der Waals surface area contributed by atoms with Gasteiger partial charge in [-0.05, 0) is 43.9 Å². The molecule has 0 aromatic heterocycles. The molecular formula is C12H22O2. The lowest BCUT2D eigenvalue weighted by Gasteiger charge is -2.40. The van der Waals surface area contributed by atoms with Crippen molar-refractivity contribution in [3.8, 4) is 0 Å². The van der Waals surface area contributed by atoms with E-state index in [0.29, 0.717) is 0 Å². The summed E-state index contributed by atoms with van der Waals surface area (Å²) in [6.45, 7) is 4.88. The van der Waals surface area contributed by atoms with Gasteiger partial charge in [-0.25, -0.2) is 0 Å². The van der Waals surface area contributed by atoms with Gasteiger partial charge in [-0.15, -0.1) is 0 Å². The summed E-state index contributed by atoms with van der Waals surface area (Å²) in [5.41, 5.74) is 0.138. The van der Waals surface area contributed by atoms with E-state index in [4.69, 9.17) is 9.84 Å². The van der Waals surface area contributed by atoms with Crippen LogP contribution in [0.15, 0.2) is 0 Å². The minimum Gasteiger partial charge on any atom is -0.394 e. The topological polar surface area (TPSA) is 29.5 Å². The third kappa shape index (κ3) is 1.82. The minimum atomic E-state index is 0.121. The molecular weight excluding hydrogens is 176 g/mol. The normalized spacial score (nSPS) is 48.6. The highest BCUT2D eigenvalue weighted by atomic mass is 16.5. The molecule has 1 heterocycles. The highest BCUT2D eigenvalue weighted by molar-refractivity contribution is 4.94. The molecule has 1 aliphatic carbocycles. The predicted octanol–water partition coefficient (Wildman–Crippen LogP) is 2.35. The first-order valence-electron chi connectivity index (χ1n) is 5.94. The lowest BCUT2D eigenvalue weighted by Crippen LogP contribution is -2.38. The highest BCUT2D eigenvalue weighted by Crippen LogP contribution is 2.45. The number of hydrogen-bond donors (Lipinski definition) is 1. The second-order valence-electron chi connectivity index (χ2n) is 5.34. The van der Waals surface area contributed by atoms with Crippen molar-refractivity contribution in [1.29, 1.82) is 0 Å². The van der Waals surface area contributed by atoms with Crippen LogP contribution in [0.25, 0.3) is 0 Å². The number of aliphatic hydroxyl groups excluding tert-OH is 1.